The van der Waals surface area contributed by atoms with Gasteiger partial charge in [-0.25, -0.2) is 4.79 Å². The van der Waals surface area contributed by atoms with E-state index in [0.717, 1.165) is 34.4 Å². The zero-order chi connectivity index (χ0) is 21.7. The summed E-state index contributed by atoms with van der Waals surface area (Å²) in [6.45, 7) is 5.57. The number of rotatable bonds is 9. The predicted octanol–water partition coefficient (Wildman–Crippen LogP) is 3.20. The number of esters is 1. The molecule has 0 spiro atoms. The van der Waals surface area contributed by atoms with Crippen LogP contribution in [-0.2, 0) is 19.1 Å². The summed E-state index contributed by atoms with van der Waals surface area (Å²) in [6.07, 6.45) is 0.333. The van der Waals surface area contributed by atoms with Gasteiger partial charge in [-0.1, -0.05) is 26.0 Å². The predicted molar refractivity (Wildman–Crippen MR) is 111 cm³/mol. The van der Waals surface area contributed by atoms with Crippen LogP contribution in [0.3, 0.4) is 0 Å². The minimum absolute atomic E-state index is 0.313. The molecule has 2 amide bonds. The zero-order valence-electron chi connectivity index (χ0n) is 17.6. The average molecular weight is 413 g/mol. The summed E-state index contributed by atoms with van der Waals surface area (Å²) in [5, 5.41) is 1.76. The lowest BCUT2D eigenvalue weighted by Gasteiger charge is -2.15. The number of benzene rings is 2. The van der Waals surface area contributed by atoms with Crippen molar-refractivity contribution in [3.05, 3.63) is 42.0 Å². The number of amides is 2. The van der Waals surface area contributed by atoms with Gasteiger partial charge in [0.1, 0.15) is 12.4 Å². The van der Waals surface area contributed by atoms with Gasteiger partial charge in [0, 0.05) is 13.7 Å². The monoisotopic (exact) mass is 413 g/mol. The topological polar surface area (TPSA) is 82.1 Å². The number of ether oxygens (including phenoxy) is 3. The van der Waals surface area contributed by atoms with Crippen LogP contribution in [0.25, 0.3) is 10.8 Å². The molecule has 30 heavy (non-hydrogen) atoms. The smallest absolute Gasteiger partial charge is 0.338 e. The van der Waals surface area contributed by atoms with E-state index >= 15 is 0 Å². The van der Waals surface area contributed by atoms with Crippen LogP contribution in [0.15, 0.2) is 36.4 Å². The van der Waals surface area contributed by atoms with Crippen LogP contribution in [0.5, 0.6) is 5.75 Å². The molecule has 0 unspecified atom stereocenters. The van der Waals surface area contributed by atoms with E-state index in [2.05, 4.69) is 6.92 Å². The van der Waals surface area contributed by atoms with Gasteiger partial charge in [-0.2, -0.15) is 0 Å². The van der Waals surface area contributed by atoms with Crippen LogP contribution >= 0.6 is 0 Å². The van der Waals surface area contributed by atoms with Gasteiger partial charge in [0.05, 0.1) is 18.1 Å². The van der Waals surface area contributed by atoms with Crippen LogP contribution in [0.1, 0.15) is 37.0 Å². The van der Waals surface area contributed by atoms with Gasteiger partial charge in [-0.15, -0.1) is 0 Å². The summed E-state index contributed by atoms with van der Waals surface area (Å²) in [6, 6.07) is 10.7. The molecule has 7 heteroatoms. The van der Waals surface area contributed by atoms with E-state index in [1.165, 1.54) is 7.05 Å². The number of nitrogens with zero attached hydrogens (tertiary/aromatic N) is 1. The Balaban J connectivity index is 1.68. The van der Waals surface area contributed by atoms with Gasteiger partial charge in [-0.05, 0) is 47.9 Å². The highest BCUT2D eigenvalue weighted by molar-refractivity contribution is 6.07. The molecule has 3 rings (SSSR count). The number of likely N-dealkylation sites (tertiary alicyclic amines) is 1. The molecule has 1 heterocycles. The van der Waals surface area contributed by atoms with Gasteiger partial charge in [0.25, 0.3) is 5.91 Å². The molecule has 160 valence electrons. The van der Waals surface area contributed by atoms with Crippen LogP contribution in [-0.4, -0.2) is 55.7 Å². The second kappa shape index (κ2) is 9.71. The number of fused-ring (bicyclic) bond motifs is 1. The Morgan fingerprint density at radius 1 is 0.967 bits per heavy atom. The molecule has 1 aliphatic rings. The van der Waals surface area contributed by atoms with Gasteiger partial charge >= 0.3 is 5.97 Å². The minimum Gasteiger partial charge on any atom is -0.491 e. The lowest BCUT2D eigenvalue weighted by Crippen LogP contribution is -2.31. The molecule has 0 bridgehead atoms. The Bertz CT molecular complexity index is 940. The maximum atomic E-state index is 12.6. The van der Waals surface area contributed by atoms with E-state index in [0.29, 0.717) is 25.2 Å². The van der Waals surface area contributed by atoms with Crippen LogP contribution in [0.2, 0.25) is 0 Å². The van der Waals surface area contributed by atoms with E-state index in [4.69, 9.17) is 14.2 Å². The number of hydrogen-bond acceptors (Lipinski definition) is 6. The molecule has 2 aromatic carbocycles. The average Bonchev–Trinajstić information content (AvgIpc) is 2.96. The van der Waals surface area contributed by atoms with Crippen molar-refractivity contribution < 1.29 is 28.6 Å². The zero-order valence-corrected chi connectivity index (χ0v) is 17.6. The molecule has 1 saturated heterocycles. The Morgan fingerprint density at radius 3 is 2.43 bits per heavy atom. The summed E-state index contributed by atoms with van der Waals surface area (Å²) in [5.41, 5.74) is 0.328. The van der Waals surface area contributed by atoms with Crippen molar-refractivity contribution in [1.82, 2.24) is 4.90 Å². The van der Waals surface area contributed by atoms with Gasteiger partial charge in [0.2, 0.25) is 5.91 Å². The van der Waals surface area contributed by atoms with E-state index in [1.807, 2.05) is 18.2 Å². The first-order valence-electron chi connectivity index (χ1n) is 10.2. The van der Waals surface area contributed by atoms with Crippen molar-refractivity contribution in [2.75, 3.05) is 26.9 Å². The molecule has 1 aliphatic heterocycles. The third kappa shape index (κ3) is 4.62. The third-order valence-corrected chi connectivity index (χ3v) is 5.15. The number of carbonyl (C=O) groups excluding carboxylic acids is 3. The third-order valence-electron chi connectivity index (χ3n) is 5.15. The number of likely N-dealkylation sites (N-methyl/N-ethyl adjacent to an activating group) is 1. The van der Waals surface area contributed by atoms with Crippen molar-refractivity contribution in [2.45, 2.75) is 32.8 Å². The van der Waals surface area contributed by atoms with E-state index in [9.17, 15) is 14.4 Å². The first kappa shape index (κ1) is 21.8. The maximum absolute atomic E-state index is 12.6. The van der Waals surface area contributed by atoms with E-state index < -0.39 is 23.9 Å². The van der Waals surface area contributed by atoms with E-state index in [-0.39, 0.29) is 5.91 Å². The van der Waals surface area contributed by atoms with Crippen LogP contribution in [0, 0.1) is 5.92 Å². The Kier molecular flexibility index (Phi) is 7.05. The summed E-state index contributed by atoms with van der Waals surface area (Å²) in [5.74, 6) is -1.32. The Morgan fingerprint density at radius 2 is 1.70 bits per heavy atom. The standard InChI is InChI=1S/C23H27NO6/c1-4-10-28-11-12-29-18-9-8-15-13-17(7-6-16(15)14-18)23(27)30-20-19(5-2)21(25)24(3)22(20)26/h6-9,13-14,19-20H,4-5,10-12H2,1-3H3/t19-,20-/m1/s1. The van der Waals surface area contributed by atoms with Crippen molar-refractivity contribution >= 4 is 28.6 Å². The number of carbonyl (C=O) groups is 3. The quantitative estimate of drug-likeness (QED) is 0.357. The fraction of sp³-hybridized carbons (Fsp3) is 0.435. The molecule has 0 aromatic heterocycles. The van der Waals surface area contributed by atoms with E-state index in [1.54, 1.807) is 25.1 Å². The molecule has 2 aromatic rings. The number of imide groups is 1. The van der Waals surface area contributed by atoms with Crippen molar-refractivity contribution in [2.24, 2.45) is 5.92 Å². The highest BCUT2D eigenvalue weighted by Gasteiger charge is 2.47. The van der Waals surface area contributed by atoms with Crippen molar-refractivity contribution in [3.8, 4) is 5.75 Å². The fourth-order valence-electron chi connectivity index (χ4n) is 3.46. The molecule has 0 saturated carbocycles. The largest absolute Gasteiger partial charge is 0.491 e. The highest BCUT2D eigenvalue weighted by Crippen LogP contribution is 2.27. The van der Waals surface area contributed by atoms with Crippen molar-refractivity contribution in [1.29, 1.82) is 0 Å². The lowest BCUT2D eigenvalue weighted by atomic mass is 10.0. The van der Waals surface area contributed by atoms with Gasteiger partial charge < -0.3 is 14.2 Å². The summed E-state index contributed by atoms with van der Waals surface area (Å²) < 4.78 is 16.5. The number of hydrogen-bond donors (Lipinski definition) is 0. The molecule has 2 atom stereocenters. The second-order valence-corrected chi connectivity index (χ2v) is 7.26. The SMILES string of the molecule is CCCOCCOc1ccc2cc(C(=O)O[C@H]3C(=O)N(C)C(=O)[C@@H]3CC)ccc2c1. The first-order valence-corrected chi connectivity index (χ1v) is 10.2. The fourth-order valence-corrected chi connectivity index (χ4v) is 3.46. The lowest BCUT2D eigenvalue weighted by molar-refractivity contribution is -0.139. The normalized spacial score (nSPS) is 18.8. The summed E-state index contributed by atoms with van der Waals surface area (Å²) in [4.78, 5) is 38.0. The molecule has 0 N–H and O–H groups in total. The highest BCUT2D eigenvalue weighted by atomic mass is 16.6. The summed E-state index contributed by atoms with van der Waals surface area (Å²) >= 11 is 0. The molecular weight excluding hydrogens is 386 g/mol. The first-order chi connectivity index (χ1) is 14.5. The molecule has 0 aliphatic carbocycles. The van der Waals surface area contributed by atoms with Crippen molar-refractivity contribution in [3.63, 3.8) is 0 Å². The molecule has 7 nitrogen and oxygen atoms in total. The second-order valence-electron chi connectivity index (χ2n) is 7.26. The summed E-state index contributed by atoms with van der Waals surface area (Å²) in [7, 11) is 1.41. The Hall–Kier alpha value is -2.93. The maximum Gasteiger partial charge on any atom is 0.338 e. The minimum atomic E-state index is -1.07. The van der Waals surface area contributed by atoms with Gasteiger partial charge in [-0.3, -0.25) is 14.5 Å². The van der Waals surface area contributed by atoms with Crippen LogP contribution in [0.4, 0.5) is 0 Å². The van der Waals surface area contributed by atoms with Gasteiger partial charge in [0.15, 0.2) is 6.10 Å². The molecule has 1 fully saturated rings. The molecular formula is C23H27NO6. The molecule has 0 radical (unpaired) electrons. The van der Waals surface area contributed by atoms with Crippen LogP contribution < -0.4 is 4.74 Å². The Labute approximate surface area is 175 Å².